The minimum Gasteiger partial charge on any atom is -0.496 e. The number of aromatic nitrogens is 1. The summed E-state index contributed by atoms with van der Waals surface area (Å²) in [6, 6.07) is 10.7. The molecule has 1 aliphatic carbocycles. The van der Waals surface area contributed by atoms with Gasteiger partial charge in [-0.3, -0.25) is 4.99 Å². The summed E-state index contributed by atoms with van der Waals surface area (Å²) >= 11 is 0. The number of aliphatic imine (C=N–C) groups is 1. The quantitative estimate of drug-likeness (QED) is 0.361. The largest absolute Gasteiger partial charge is 0.496 e. The van der Waals surface area contributed by atoms with Crippen LogP contribution in [0.15, 0.2) is 53.5 Å². The smallest absolute Gasteiger partial charge is 0.422 e. The number of fused-ring (bicyclic) bond motifs is 1. The number of carboxylic acid groups (broad SMARTS) is 1. The maximum absolute atomic E-state index is 14.1. The second kappa shape index (κ2) is 8.35. The second-order valence-electron chi connectivity index (χ2n) is 8.33. The van der Waals surface area contributed by atoms with Crippen molar-refractivity contribution in [3.05, 3.63) is 65.6 Å². The zero-order chi connectivity index (χ0) is 24.7. The Morgan fingerprint density at radius 2 is 1.94 bits per heavy atom. The summed E-state index contributed by atoms with van der Waals surface area (Å²) in [4.78, 5) is 19.0. The molecule has 0 bridgehead atoms. The number of nitrogens with zero attached hydrogens (tertiary/aromatic N) is 2. The van der Waals surface area contributed by atoms with Crippen molar-refractivity contribution in [2.75, 3.05) is 7.11 Å². The van der Waals surface area contributed by atoms with Gasteiger partial charge >= 0.3 is 12.1 Å². The molecule has 10 heteroatoms. The zero-order valence-corrected chi connectivity index (χ0v) is 17.9. The van der Waals surface area contributed by atoms with Gasteiger partial charge in [0.05, 0.1) is 18.3 Å². The highest BCUT2D eigenvalue weighted by Gasteiger charge is 2.60. The molecule has 4 rings (SSSR count). The number of pyridine rings is 1. The summed E-state index contributed by atoms with van der Waals surface area (Å²) in [5.74, 6) is -1.62. The van der Waals surface area contributed by atoms with Crippen LogP contribution in [0, 0.1) is 5.82 Å². The topological polar surface area (TPSA) is 92.0 Å². The summed E-state index contributed by atoms with van der Waals surface area (Å²) in [5, 5.41) is 20.2. The number of carboxylic acids is 1. The Bertz CT molecular complexity index is 1290. The fourth-order valence-corrected chi connectivity index (χ4v) is 4.07. The first kappa shape index (κ1) is 23.6. The first-order valence-electron chi connectivity index (χ1n) is 10.3. The summed E-state index contributed by atoms with van der Waals surface area (Å²) in [5.41, 5.74) is -4.08. The van der Waals surface area contributed by atoms with E-state index in [2.05, 4.69) is 9.98 Å². The van der Waals surface area contributed by atoms with E-state index < -0.39 is 35.4 Å². The van der Waals surface area contributed by atoms with Crippen molar-refractivity contribution in [1.29, 1.82) is 0 Å². The fraction of sp³-hybridized carbons (Fsp3) is 0.292. The van der Waals surface area contributed by atoms with Gasteiger partial charge in [-0.05, 0) is 55.3 Å². The molecule has 1 heterocycles. The average Bonchev–Trinajstić information content (AvgIpc) is 3.56. The Kier molecular flexibility index (Phi) is 5.80. The fourth-order valence-electron chi connectivity index (χ4n) is 4.07. The van der Waals surface area contributed by atoms with Crippen LogP contribution in [0.4, 0.5) is 23.2 Å². The normalized spacial score (nSPS) is 17.0. The van der Waals surface area contributed by atoms with Crippen LogP contribution >= 0.6 is 0 Å². The van der Waals surface area contributed by atoms with E-state index >= 15 is 0 Å². The third-order valence-corrected chi connectivity index (χ3v) is 6.03. The van der Waals surface area contributed by atoms with Crippen molar-refractivity contribution in [3.8, 4) is 5.75 Å². The average molecular weight is 476 g/mol. The zero-order valence-electron chi connectivity index (χ0n) is 17.9. The number of hydrogen-bond acceptors (Lipinski definition) is 5. The maximum atomic E-state index is 14.1. The number of aliphatic hydroxyl groups is 1. The number of halogens is 4. The predicted octanol–water partition coefficient (Wildman–Crippen LogP) is 5.20. The van der Waals surface area contributed by atoms with Crippen LogP contribution in [0.25, 0.3) is 10.9 Å². The van der Waals surface area contributed by atoms with Crippen LogP contribution in [-0.2, 0) is 5.41 Å². The van der Waals surface area contributed by atoms with Gasteiger partial charge in [0, 0.05) is 29.0 Å². The van der Waals surface area contributed by atoms with Crippen LogP contribution in [0.1, 0.15) is 35.3 Å². The Hall–Kier alpha value is -3.53. The van der Waals surface area contributed by atoms with Crippen molar-refractivity contribution in [2.45, 2.75) is 36.5 Å². The van der Waals surface area contributed by atoms with Gasteiger partial charge in [0.2, 0.25) is 0 Å². The highest BCUT2D eigenvalue weighted by molar-refractivity contribution is 5.95. The molecule has 1 saturated carbocycles. The predicted molar refractivity (Wildman–Crippen MR) is 116 cm³/mol. The van der Waals surface area contributed by atoms with E-state index in [0.29, 0.717) is 24.4 Å². The van der Waals surface area contributed by atoms with E-state index in [0.717, 1.165) is 12.1 Å². The summed E-state index contributed by atoms with van der Waals surface area (Å²) in [7, 11) is 1.34. The van der Waals surface area contributed by atoms with Gasteiger partial charge in [0.1, 0.15) is 17.3 Å². The molecule has 1 unspecified atom stereocenters. The van der Waals surface area contributed by atoms with Gasteiger partial charge < -0.3 is 14.9 Å². The third-order valence-electron chi connectivity index (χ3n) is 6.03. The number of hydrogen-bond donors (Lipinski definition) is 2. The molecule has 178 valence electrons. The van der Waals surface area contributed by atoms with Gasteiger partial charge in [0.25, 0.3) is 0 Å². The van der Waals surface area contributed by atoms with Gasteiger partial charge in [0.15, 0.2) is 5.60 Å². The molecule has 0 radical (unpaired) electrons. The molecule has 3 aromatic rings. The van der Waals surface area contributed by atoms with Gasteiger partial charge in [-0.1, -0.05) is 6.07 Å². The minimum absolute atomic E-state index is 0.0813. The Balaban J connectivity index is 1.72. The number of alkyl halides is 3. The second-order valence-corrected chi connectivity index (χ2v) is 8.33. The van der Waals surface area contributed by atoms with E-state index in [1.165, 1.54) is 43.5 Å². The molecule has 34 heavy (non-hydrogen) atoms. The highest BCUT2D eigenvalue weighted by Crippen LogP contribution is 2.57. The Morgan fingerprint density at radius 3 is 2.56 bits per heavy atom. The van der Waals surface area contributed by atoms with Crippen molar-refractivity contribution in [3.63, 3.8) is 0 Å². The van der Waals surface area contributed by atoms with Crippen molar-refractivity contribution in [2.24, 2.45) is 4.99 Å². The van der Waals surface area contributed by atoms with Crippen LogP contribution in [0.3, 0.4) is 0 Å². The first-order chi connectivity index (χ1) is 16.0. The highest BCUT2D eigenvalue weighted by atomic mass is 19.4. The van der Waals surface area contributed by atoms with Crippen LogP contribution in [0.2, 0.25) is 0 Å². The lowest BCUT2D eigenvalue weighted by Gasteiger charge is -2.31. The van der Waals surface area contributed by atoms with Gasteiger partial charge in [-0.25, -0.2) is 14.2 Å². The van der Waals surface area contributed by atoms with Crippen molar-refractivity contribution < 1.29 is 37.3 Å². The van der Waals surface area contributed by atoms with E-state index in [-0.39, 0.29) is 28.2 Å². The maximum Gasteiger partial charge on any atom is 0.422 e. The number of methoxy groups -OCH3 is 1. The summed E-state index contributed by atoms with van der Waals surface area (Å²) in [6.45, 7) is 0. The molecule has 1 fully saturated rings. The minimum atomic E-state index is -5.06. The SMILES string of the molecule is COc1ccc(F)cc1C1(CC(O)(C=Nc2cccc3nc(C(=O)O)ccc23)C(F)(F)F)CC1. The standard InChI is InChI=1S/C24H20F4N2O4/c1-34-20-8-5-14(25)11-16(20)22(9-10-22)12-23(33,24(26,27)28)13-29-17-3-2-4-18-15(17)6-7-19(30-18)21(31)32/h2-8,11,13,33H,9-10,12H2,1H3,(H,31,32). The monoisotopic (exact) mass is 476 g/mol. The lowest BCUT2D eigenvalue weighted by molar-refractivity contribution is -0.233. The molecule has 0 aliphatic heterocycles. The van der Waals surface area contributed by atoms with Crippen LogP contribution < -0.4 is 4.74 Å². The van der Waals surface area contributed by atoms with E-state index in [1.807, 2.05) is 0 Å². The number of ether oxygens (including phenoxy) is 1. The number of benzene rings is 2. The van der Waals surface area contributed by atoms with Gasteiger partial charge in [-0.2, -0.15) is 13.2 Å². The van der Waals surface area contributed by atoms with Gasteiger partial charge in [-0.15, -0.1) is 0 Å². The molecule has 0 amide bonds. The number of carbonyl (C=O) groups is 1. The number of aromatic carboxylic acids is 1. The van der Waals surface area contributed by atoms with Crippen LogP contribution in [0.5, 0.6) is 5.75 Å². The molecule has 1 aromatic heterocycles. The van der Waals surface area contributed by atoms with Crippen LogP contribution in [-0.4, -0.2) is 46.3 Å². The Labute approximate surface area is 191 Å². The summed E-state index contributed by atoms with van der Waals surface area (Å²) in [6.07, 6.45) is -4.76. The first-order valence-corrected chi connectivity index (χ1v) is 10.3. The molecule has 1 aliphatic rings. The molecule has 1 atom stereocenters. The lowest BCUT2D eigenvalue weighted by atomic mass is 9.82. The molecule has 0 spiro atoms. The van der Waals surface area contributed by atoms with Crippen molar-refractivity contribution >= 4 is 28.8 Å². The third kappa shape index (κ3) is 4.33. The molecule has 6 nitrogen and oxygen atoms in total. The Morgan fingerprint density at radius 1 is 1.21 bits per heavy atom. The number of rotatable bonds is 7. The lowest BCUT2D eigenvalue weighted by Crippen LogP contribution is -2.49. The van der Waals surface area contributed by atoms with Crippen molar-refractivity contribution in [1.82, 2.24) is 4.98 Å². The molecule has 2 aromatic carbocycles. The molecule has 2 N–H and O–H groups in total. The van der Waals surface area contributed by atoms with E-state index in [1.54, 1.807) is 0 Å². The molecular weight excluding hydrogens is 456 g/mol. The molecule has 0 saturated heterocycles. The molecular formula is C24H20F4N2O4. The van der Waals surface area contributed by atoms with E-state index in [9.17, 15) is 27.5 Å². The summed E-state index contributed by atoms with van der Waals surface area (Å²) < 4.78 is 61.3. The van der Waals surface area contributed by atoms with E-state index in [4.69, 9.17) is 9.84 Å².